The van der Waals surface area contributed by atoms with E-state index in [0.717, 1.165) is 51.4 Å². The Labute approximate surface area is 256 Å². The average Bonchev–Trinajstić information content (AvgIpc) is 2.97. The van der Waals surface area contributed by atoms with Gasteiger partial charge in [0, 0.05) is 17.8 Å². The summed E-state index contributed by atoms with van der Waals surface area (Å²) in [7, 11) is -4.14. The summed E-state index contributed by atoms with van der Waals surface area (Å²) in [4.78, 5) is 24.2. The van der Waals surface area contributed by atoms with Crippen LogP contribution in [0.15, 0.2) is 47.4 Å². The molecule has 7 N–H and O–H groups in total. The molecule has 0 radical (unpaired) electrons. The number of anilines is 2. The first-order chi connectivity index (χ1) is 20.5. The zero-order valence-corrected chi connectivity index (χ0v) is 26.1. The van der Waals surface area contributed by atoms with E-state index < -0.39 is 34.1 Å². The fourth-order valence-corrected chi connectivity index (χ4v) is 5.98. The second-order valence-corrected chi connectivity index (χ2v) is 12.8. The predicted molar refractivity (Wildman–Crippen MR) is 170 cm³/mol. The third kappa shape index (κ3) is 13.4. The zero-order valence-electron chi connectivity index (χ0n) is 25.3. The fourth-order valence-electron chi connectivity index (χ4n) is 4.85. The molecule has 240 valence electrons. The van der Waals surface area contributed by atoms with E-state index in [1.54, 1.807) is 0 Å². The van der Waals surface area contributed by atoms with E-state index in [1.807, 2.05) is 0 Å². The Bertz CT molecular complexity index is 1250. The van der Waals surface area contributed by atoms with E-state index in [4.69, 9.17) is 5.73 Å². The third-order valence-electron chi connectivity index (χ3n) is 7.43. The summed E-state index contributed by atoms with van der Waals surface area (Å²) < 4.78 is 27.9. The van der Waals surface area contributed by atoms with Gasteiger partial charge in [-0.05, 0) is 55.7 Å². The van der Waals surface area contributed by atoms with Crippen molar-refractivity contribution in [2.45, 2.75) is 114 Å². The molecule has 0 heterocycles. The number of nitrogen functional groups attached to an aromatic ring is 1. The number of nitrogens with two attached hydrogens (primary N) is 1. The maximum atomic E-state index is 12.8. The lowest BCUT2D eigenvalue weighted by Crippen LogP contribution is -2.25. The standard InChI is InChI=1S/C32H49N3O7S/c1-2-3-4-5-8-11-17-29(36)30(37)18-12-9-6-7-10-13-21-34-31(38)24-19-20-27(32(39)40)28(22-24)35-43(41,42)26-16-14-15-25(33)23-26/h14-16,19-20,22-23,29-30,35-37H,2-13,17-18,21,33H2,1H3,(H,34,38)(H,39,40). The second kappa shape index (κ2) is 19.2. The van der Waals surface area contributed by atoms with Crippen LogP contribution in [-0.2, 0) is 10.0 Å². The van der Waals surface area contributed by atoms with Gasteiger partial charge >= 0.3 is 5.97 Å². The van der Waals surface area contributed by atoms with Gasteiger partial charge in [0.2, 0.25) is 0 Å². The van der Waals surface area contributed by atoms with Crippen LogP contribution >= 0.6 is 0 Å². The molecule has 0 aliphatic carbocycles. The molecule has 10 nitrogen and oxygen atoms in total. The highest BCUT2D eigenvalue weighted by Crippen LogP contribution is 2.23. The van der Waals surface area contributed by atoms with Gasteiger partial charge in [-0.3, -0.25) is 9.52 Å². The van der Waals surface area contributed by atoms with Crippen LogP contribution in [0.4, 0.5) is 11.4 Å². The van der Waals surface area contributed by atoms with E-state index in [9.17, 15) is 33.3 Å². The van der Waals surface area contributed by atoms with Gasteiger partial charge in [-0.2, -0.15) is 0 Å². The summed E-state index contributed by atoms with van der Waals surface area (Å²) in [6, 6.07) is 9.34. The lowest BCUT2D eigenvalue weighted by molar-refractivity contribution is 0.00712. The van der Waals surface area contributed by atoms with Crippen molar-refractivity contribution in [3.05, 3.63) is 53.6 Å². The molecule has 0 bridgehead atoms. The van der Waals surface area contributed by atoms with Crippen molar-refractivity contribution in [2.75, 3.05) is 17.0 Å². The molecule has 11 heteroatoms. The maximum Gasteiger partial charge on any atom is 0.337 e. The van der Waals surface area contributed by atoms with Crippen molar-refractivity contribution in [1.82, 2.24) is 5.32 Å². The Morgan fingerprint density at radius 1 is 0.814 bits per heavy atom. The Kier molecular flexibility index (Phi) is 16.1. The normalized spacial score (nSPS) is 12.9. The number of unbranched alkanes of at least 4 members (excludes halogenated alkanes) is 10. The van der Waals surface area contributed by atoms with Crippen molar-refractivity contribution in [3.8, 4) is 0 Å². The van der Waals surface area contributed by atoms with Crippen LogP contribution in [0.25, 0.3) is 0 Å². The number of hydrogen-bond donors (Lipinski definition) is 6. The highest BCUT2D eigenvalue weighted by Gasteiger charge is 2.21. The molecule has 0 saturated heterocycles. The summed E-state index contributed by atoms with van der Waals surface area (Å²) in [5, 5.41) is 32.7. The molecule has 2 rings (SSSR count). The molecule has 1 amide bonds. The van der Waals surface area contributed by atoms with Crippen LogP contribution in [0.2, 0.25) is 0 Å². The molecule has 2 atom stereocenters. The molecular formula is C32H49N3O7S. The van der Waals surface area contributed by atoms with Crippen LogP contribution in [0, 0.1) is 0 Å². The highest BCUT2D eigenvalue weighted by atomic mass is 32.2. The van der Waals surface area contributed by atoms with Gasteiger partial charge in [0.1, 0.15) is 0 Å². The van der Waals surface area contributed by atoms with Gasteiger partial charge in [-0.25, -0.2) is 13.2 Å². The highest BCUT2D eigenvalue weighted by molar-refractivity contribution is 7.92. The largest absolute Gasteiger partial charge is 0.478 e. The molecule has 2 aromatic carbocycles. The number of aliphatic hydroxyl groups is 2. The van der Waals surface area contributed by atoms with Crippen LogP contribution in [0.1, 0.15) is 118 Å². The number of carbonyl (C=O) groups is 2. The molecule has 43 heavy (non-hydrogen) atoms. The molecule has 0 aliphatic heterocycles. The fraction of sp³-hybridized carbons (Fsp3) is 0.562. The summed E-state index contributed by atoms with van der Waals surface area (Å²) in [5.74, 6) is -1.77. The van der Waals surface area contributed by atoms with E-state index >= 15 is 0 Å². The first-order valence-electron chi connectivity index (χ1n) is 15.4. The molecular weight excluding hydrogens is 570 g/mol. The Hall–Kier alpha value is -3.15. The van der Waals surface area contributed by atoms with Gasteiger partial charge in [0.15, 0.2) is 0 Å². The second-order valence-electron chi connectivity index (χ2n) is 11.1. The number of benzene rings is 2. The number of nitrogens with one attached hydrogen (secondary N) is 2. The number of carbonyl (C=O) groups excluding carboxylic acids is 1. The lowest BCUT2D eigenvalue weighted by atomic mass is 9.99. The Morgan fingerprint density at radius 3 is 1.98 bits per heavy atom. The molecule has 2 aromatic rings. The van der Waals surface area contributed by atoms with E-state index in [0.29, 0.717) is 19.4 Å². The number of carboxylic acids is 1. The quantitative estimate of drug-likeness (QED) is 0.0717. The number of aliphatic hydroxyl groups excluding tert-OH is 2. The molecule has 0 fully saturated rings. The van der Waals surface area contributed by atoms with E-state index in [-0.39, 0.29) is 27.4 Å². The van der Waals surface area contributed by atoms with Gasteiger partial charge in [0.25, 0.3) is 15.9 Å². The number of hydrogen-bond acceptors (Lipinski definition) is 7. The lowest BCUT2D eigenvalue weighted by Gasteiger charge is -2.17. The number of rotatable bonds is 22. The number of sulfonamides is 1. The third-order valence-corrected chi connectivity index (χ3v) is 8.80. The summed E-state index contributed by atoms with van der Waals surface area (Å²) >= 11 is 0. The van der Waals surface area contributed by atoms with Crippen molar-refractivity contribution in [1.29, 1.82) is 0 Å². The Balaban J connectivity index is 1.69. The van der Waals surface area contributed by atoms with Crippen LogP contribution in [-0.4, -0.2) is 54.4 Å². The SMILES string of the molecule is CCCCCCCCC(O)C(O)CCCCCCCCNC(=O)c1ccc(C(=O)O)c(NS(=O)(=O)c2cccc(N)c2)c1. The van der Waals surface area contributed by atoms with Crippen molar-refractivity contribution in [2.24, 2.45) is 0 Å². The van der Waals surface area contributed by atoms with Crippen molar-refractivity contribution in [3.63, 3.8) is 0 Å². The van der Waals surface area contributed by atoms with Gasteiger partial charge in [-0.1, -0.05) is 83.6 Å². The molecule has 0 spiro atoms. The van der Waals surface area contributed by atoms with E-state index in [2.05, 4.69) is 17.0 Å². The monoisotopic (exact) mass is 619 g/mol. The summed E-state index contributed by atoms with van der Waals surface area (Å²) in [6.07, 6.45) is 12.4. The first-order valence-corrected chi connectivity index (χ1v) is 16.9. The van der Waals surface area contributed by atoms with Gasteiger partial charge in [0.05, 0.1) is 28.4 Å². The molecule has 0 aromatic heterocycles. The van der Waals surface area contributed by atoms with Gasteiger partial charge in [-0.15, -0.1) is 0 Å². The molecule has 0 aliphatic rings. The Morgan fingerprint density at radius 2 is 1.40 bits per heavy atom. The summed E-state index contributed by atoms with van der Waals surface area (Å²) in [6.45, 7) is 2.61. The van der Waals surface area contributed by atoms with Crippen LogP contribution < -0.4 is 15.8 Å². The first kappa shape index (κ1) is 36.0. The minimum Gasteiger partial charge on any atom is -0.478 e. The average molecular weight is 620 g/mol. The van der Waals surface area contributed by atoms with Gasteiger partial charge < -0.3 is 26.4 Å². The summed E-state index contributed by atoms with van der Waals surface area (Å²) in [5.41, 5.74) is 5.54. The zero-order chi connectivity index (χ0) is 31.7. The maximum absolute atomic E-state index is 12.8. The number of aromatic carboxylic acids is 1. The predicted octanol–water partition coefficient (Wildman–Crippen LogP) is 5.70. The molecule has 0 saturated carbocycles. The van der Waals surface area contributed by atoms with Crippen LogP contribution in [0.3, 0.4) is 0 Å². The molecule has 2 unspecified atom stereocenters. The number of amides is 1. The smallest absolute Gasteiger partial charge is 0.337 e. The minimum absolute atomic E-state index is 0.129. The van der Waals surface area contributed by atoms with Crippen LogP contribution in [0.5, 0.6) is 0 Å². The minimum atomic E-state index is -4.14. The number of carboxylic acid groups (broad SMARTS) is 1. The van der Waals surface area contributed by atoms with E-state index in [1.165, 1.54) is 68.1 Å². The topological polar surface area (TPSA) is 179 Å². The van der Waals surface area contributed by atoms with Crippen molar-refractivity contribution >= 4 is 33.3 Å². The van der Waals surface area contributed by atoms with Crippen molar-refractivity contribution < 1.29 is 33.3 Å².